The molecule has 0 aromatic carbocycles. The molecule has 1 aromatic rings. The molecule has 16 heavy (non-hydrogen) atoms. The van der Waals surface area contributed by atoms with Gasteiger partial charge in [-0.15, -0.1) is 11.3 Å². The van der Waals surface area contributed by atoms with E-state index in [-0.39, 0.29) is 0 Å². The van der Waals surface area contributed by atoms with E-state index in [4.69, 9.17) is 4.98 Å². The number of nitrogens with one attached hydrogen (secondary N) is 1. The highest BCUT2D eigenvalue weighted by atomic mass is 32.1. The van der Waals surface area contributed by atoms with Gasteiger partial charge in [0, 0.05) is 30.9 Å². The lowest BCUT2D eigenvalue weighted by Crippen LogP contribution is -2.43. The minimum atomic E-state index is 0.493. The largest absolute Gasteiger partial charge is 0.313 e. The lowest BCUT2D eigenvalue weighted by Gasteiger charge is -2.31. The van der Waals surface area contributed by atoms with Crippen molar-refractivity contribution >= 4 is 11.3 Å². The summed E-state index contributed by atoms with van der Waals surface area (Å²) in [4.78, 5) is 7.26. The van der Waals surface area contributed by atoms with Gasteiger partial charge >= 0.3 is 0 Å². The minimum absolute atomic E-state index is 0.493. The summed E-state index contributed by atoms with van der Waals surface area (Å²) in [6.07, 6.45) is 4.09. The van der Waals surface area contributed by atoms with Crippen LogP contribution in [0.15, 0.2) is 5.38 Å². The monoisotopic (exact) mass is 237 g/mol. The van der Waals surface area contributed by atoms with Gasteiger partial charge in [0.15, 0.2) is 0 Å². The van der Waals surface area contributed by atoms with Gasteiger partial charge in [-0.2, -0.15) is 0 Å². The number of likely N-dealkylation sites (N-methyl/N-ethyl adjacent to an activating group) is 1. The van der Waals surface area contributed by atoms with Crippen molar-refractivity contribution in [3.05, 3.63) is 16.1 Å². The van der Waals surface area contributed by atoms with Gasteiger partial charge in [0.1, 0.15) is 5.01 Å². The zero-order valence-electron chi connectivity index (χ0n) is 9.78. The van der Waals surface area contributed by atoms with Crippen LogP contribution in [0, 0.1) is 0 Å². The third kappa shape index (κ3) is 1.90. The van der Waals surface area contributed by atoms with E-state index >= 15 is 0 Å². The Balaban J connectivity index is 1.75. The van der Waals surface area contributed by atoms with E-state index < -0.39 is 0 Å². The molecule has 2 aliphatic rings. The molecule has 1 unspecified atom stereocenters. The molecule has 1 aliphatic heterocycles. The molecule has 1 atom stereocenters. The normalized spacial score (nSPS) is 27.9. The Morgan fingerprint density at radius 1 is 1.50 bits per heavy atom. The van der Waals surface area contributed by atoms with Gasteiger partial charge in [-0.1, -0.05) is 6.42 Å². The highest BCUT2D eigenvalue weighted by molar-refractivity contribution is 7.09. The lowest BCUT2D eigenvalue weighted by molar-refractivity contribution is 0.201. The average molecular weight is 237 g/mol. The van der Waals surface area contributed by atoms with Gasteiger partial charge in [0.25, 0.3) is 0 Å². The maximum atomic E-state index is 4.84. The summed E-state index contributed by atoms with van der Waals surface area (Å²) in [6, 6.07) is 0.493. The number of thiazole rings is 1. The molecule has 1 N–H and O–H groups in total. The Hall–Kier alpha value is -0.450. The maximum Gasteiger partial charge on any atom is 0.111 e. The topological polar surface area (TPSA) is 28.2 Å². The molecule has 1 saturated heterocycles. The van der Waals surface area contributed by atoms with E-state index in [1.807, 2.05) is 11.3 Å². The van der Waals surface area contributed by atoms with Crippen molar-refractivity contribution in [2.24, 2.45) is 0 Å². The van der Waals surface area contributed by atoms with E-state index in [2.05, 4.69) is 22.6 Å². The highest BCUT2D eigenvalue weighted by Crippen LogP contribution is 2.37. The quantitative estimate of drug-likeness (QED) is 0.852. The van der Waals surface area contributed by atoms with Crippen molar-refractivity contribution in [1.82, 2.24) is 15.2 Å². The van der Waals surface area contributed by atoms with Crippen LogP contribution < -0.4 is 5.32 Å². The first-order valence-corrected chi connectivity index (χ1v) is 7.09. The Morgan fingerprint density at radius 2 is 2.38 bits per heavy atom. The van der Waals surface area contributed by atoms with Gasteiger partial charge in [0.2, 0.25) is 0 Å². The molecule has 3 rings (SSSR count). The van der Waals surface area contributed by atoms with Crippen molar-refractivity contribution in [3.63, 3.8) is 0 Å². The van der Waals surface area contributed by atoms with Crippen LogP contribution in [0.4, 0.5) is 0 Å². The molecule has 4 heteroatoms. The van der Waals surface area contributed by atoms with Crippen LogP contribution in [0.1, 0.15) is 41.9 Å². The Labute approximate surface area is 101 Å². The van der Waals surface area contributed by atoms with Crippen molar-refractivity contribution in [2.75, 3.05) is 26.7 Å². The van der Waals surface area contributed by atoms with Gasteiger partial charge in [-0.05, 0) is 19.9 Å². The third-order valence-corrected chi connectivity index (χ3v) is 4.82. The molecule has 1 aromatic heterocycles. The molecule has 0 bridgehead atoms. The first-order chi connectivity index (χ1) is 7.84. The predicted octanol–water partition coefficient (Wildman–Crippen LogP) is 1.99. The zero-order chi connectivity index (χ0) is 11.0. The molecular formula is C12H19N3S. The fourth-order valence-corrected chi connectivity index (χ4v) is 3.49. The number of hydrogen-bond acceptors (Lipinski definition) is 4. The van der Waals surface area contributed by atoms with Gasteiger partial charge in [-0.3, -0.25) is 4.90 Å². The van der Waals surface area contributed by atoms with Crippen LogP contribution in [0.5, 0.6) is 0 Å². The zero-order valence-corrected chi connectivity index (χ0v) is 10.6. The first kappa shape index (κ1) is 10.7. The number of nitrogens with zero attached hydrogens (tertiary/aromatic N) is 2. The van der Waals surface area contributed by atoms with E-state index in [0.29, 0.717) is 6.04 Å². The minimum Gasteiger partial charge on any atom is -0.313 e. The molecule has 0 spiro atoms. The van der Waals surface area contributed by atoms with E-state index in [0.717, 1.165) is 25.6 Å². The van der Waals surface area contributed by atoms with Crippen molar-refractivity contribution < 1.29 is 0 Å². The molecule has 2 fully saturated rings. The van der Waals surface area contributed by atoms with Crippen molar-refractivity contribution in [1.29, 1.82) is 0 Å². The van der Waals surface area contributed by atoms with Crippen LogP contribution in [0.3, 0.4) is 0 Å². The summed E-state index contributed by atoms with van der Waals surface area (Å²) < 4.78 is 0. The summed E-state index contributed by atoms with van der Waals surface area (Å²) in [5, 5.41) is 7.04. The van der Waals surface area contributed by atoms with Crippen molar-refractivity contribution in [3.8, 4) is 0 Å². The van der Waals surface area contributed by atoms with Crippen LogP contribution in [0.25, 0.3) is 0 Å². The van der Waals surface area contributed by atoms with Crippen LogP contribution in [-0.2, 0) is 0 Å². The Bertz CT molecular complexity index is 359. The molecule has 1 aliphatic carbocycles. The second kappa shape index (κ2) is 4.43. The maximum absolute atomic E-state index is 4.84. The fourth-order valence-electron chi connectivity index (χ4n) is 2.43. The molecule has 0 amide bonds. The summed E-state index contributed by atoms with van der Waals surface area (Å²) in [7, 11) is 2.20. The standard InChI is InChI=1S/C12H19N3S/c1-15-6-5-13-7-11(15)12-14-10(8-16-12)9-3-2-4-9/h8-9,11,13H,2-7H2,1H3. The van der Waals surface area contributed by atoms with Gasteiger partial charge < -0.3 is 5.32 Å². The third-order valence-electron chi connectivity index (χ3n) is 3.86. The fraction of sp³-hybridized carbons (Fsp3) is 0.750. The van der Waals surface area contributed by atoms with Crippen LogP contribution in [0.2, 0.25) is 0 Å². The molecule has 88 valence electrons. The SMILES string of the molecule is CN1CCNCC1c1nc(C2CCC2)cs1. The first-order valence-electron chi connectivity index (χ1n) is 6.21. The lowest BCUT2D eigenvalue weighted by atomic mass is 9.83. The molecular weight excluding hydrogens is 218 g/mol. The number of piperazine rings is 1. The number of aromatic nitrogens is 1. The van der Waals surface area contributed by atoms with Gasteiger partial charge in [-0.25, -0.2) is 4.98 Å². The predicted molar refractivity (Wildman–Crippen MR) is 66.9 cm³/mol. The van der Waals surface area contributed by atoms with E-state index in [9.17, 15) is 0 Å². The molecule has 2 heterocycles. The summed E-state index contributed by atoms with van der Waals surface area (Å²) in [5.41, 5.74) is 1.35. The second-order valence-electron chi connectivity index (χ2n) is 4.94. The molecule has 0 radical (unpaired) electrons. The van der Waals surface area contributed by atoms with Crippen LogP contribution >= 0.6 is 11.3 Å². The van der Waals surface area contributed by atoms with Crippen LogP contribution in [-0.4, -0.2) is 36.6 Å². The molecule has 3 nitrogen and oxygen atoms in total. The van der Waals surface area contributed by atoms with Gasteiger partial charge in [0.05, 0.1) is 11.7 Å². The smallest absolute Gasteiger partial charge is 0.111 e. The number of rotatable bonds is 2. The highest BCUT2D eigenvalue weighted by Gasteiger charge is 2.26. The second-order valence-corrected chi connectivity index (χ2v) is 5.83. The summed E-state index contributed by atoms with van der Waals surface area (Å²) >= 11 is 1.84. The summed E-state index contributed by atoms with van der Waals surface area (Å²) in [5.74, 6) is 0.770. The number of hydrogen-bond donors (Lipinski definition) is 1. The Morgan fingerprint density at radius 3 is 3.06 bits per heavy atom. The molecule has 1 saturated carbocycles. The Kier molecular flexibility index (Phi) is 2.96. The average Bonchev–Trinajstić information content (AvgIpc) is 2.65. The van der Waals surface area contributed by atoms with E-state index in [1.165, 1.54) is 30.0 Å². The van der Waals surface area contributed by atoms with E-state index in [1.54, 1.807) is 0 Å². The van der Waals surface area contributed by atoms with Crippen molar-refractivity contribution in [2.45, 2.75) is 31.2 Å². The summed E-state index contributed by atoms with van der Waals surface area (Å²) in [6.45, 7) is 3.28.